The molecule has 2 aromatic carbocycles. The molecule has 1 amide bonds. The van der Waals surface area contributed by atoms with Crippen LogP contribution in [0.3, 0.4) is 0 Å². The molecule has 0 saturated heterocycles. The summed E-state index contributed by atoms with van der Waals surface area (Å²) < 4.78 is 6.03. The van der Waals surface area contributed by atoms with Gasteiger partial charge in [0.2, 0.25) is 5.91 Å². The average molecular weight is 531 g/mol. The fourth-order valence-corrected chi connectivity index (χ4v) is 6.95. The van der Waals surface area contributed by atoms with Crippen LogP contribution in [-0.2, 0) is 25.6 Å². The van der Waals surface area contributed by atoms with Crippen molar-refractivity contribution in [1.29, 1.82) is 0 Å². The Bertz CT molecular complexity index is 1590. The first-order chi connectivity index (χ1) is 18.5. The van der Waals surface area contributed by atoms with Crippen LogP contribution in [0.1, 0.15) is 22.3 Å². The number of aromatic hydroxyl groups is 1. The van der Waals surface area contributed by atoms with Crippen molar-refractivity contribution in [2.75, 3.05) is 14.1 Å². The van der Waals surface area contributed by atoms with Crippen LogP contribution in [0, 0.1) is 23.7 Å². The zero-order chi connectivity index (χ0) is 28.0. The number of likely N-dealkylation sites (N-methyl/N-ethyl adjacent to an activating group) is 1. The zero-order valence-electron chi connectivity index (χ0n) is 21.2. The van der Waals surface area contributed by atoms with Gasteiger partial charge in [-0.25, -0.2) is 0 Å². The number of benzene rings is 2. The molecule has 3 aliphatic rings. The third-order valence-electron chi connectivity index (χ3n) is 8.64. The maximum atomic E-state index is 13.9. The minimum atomic E-state index is -2.75. The Morgan fingerprint density at radius 1 is 1.08 bits per heavy atom. The van der Waals surface area contributed by atoms with Gasteiger partial charge in [0.15, 0.2) is 34.7 Å². The second kappa shape index (κ2) is 8.42. The van der Waals surface area contributed by atoms with Gasteiger partial charge < -0.3 is 20.4 Å². The molecule has 2 unspecified atom stereocenters. The van der Waals surface area contributed by atoms with E-state index in [0.29, 0.717) is 22.5 Å². The highest BCUT2D eigenvalue weighted by molar-refractivity contribution is 6.32. The first kappa shape index (κ1) is 25.1. The molecule has 39 heavy (non-hydrogen) atoms. The van der Waals surface area contributed by atoms with Gasteiger partial charge in [-0.3, -0.25) is 28.9 Å². The van der Waals surface area contributed by atoms with Gasteiger partial charge >= 0.3 is 0 Å². The number of amides is 1. The van der Waals surface area contributed by atoms with Crippen LogP contribution < -0.4 is 5.73 Å². The van der Waals surface area contributed by atoms with Crippen LogP contribution >= 0.6 is 0 Å². The maximum Gasteiger partial charge on any atom is 0.235 e. The molecule has 2 fully saturated rings. The van der Waals surface area contributed by atoms with E-state index in [2.05, 4.69) is 0 Å². The average Bonchev–Trinajstić information content (AvgIpc) is 3.30. The highest BCUT2D eigenvalue weighted by atomic mass is 16.3. The van der Waals surface area contributed by atoms with Gasteiger partial charge in [-0.05, 0) is 62.7 Å². The van der Waals surface area contributed by atoms with E-state index in [1.165, 1.54) is 11.0 Å². The first-order valence-electron chi connectivity index (χ1n) is 12.6. The molecular formula is C29H26N2O8. The molecule has 0 bridgehead atoms. The minimum absolute atomic E-state index is 0.0148. The van der Waals surface area contributed by atoms with Gasteiger partial charge in [-0.2, -0.15) is 0 Å². The number of hydrogen-bond donors (Lipinski definition) is 3. The second-order valence-corrected chi connectivity index (χ2v) is 10.9. The number of fused-ring (bicyclic) bond motifs is 4. The summed E-state index contributed by atoms with van der Waals surface area (Å²) in [5.74, 6) is -10.3. The standard InChI is InChI=1S/C29H26N2O8/c1-31(2)23-16-10-13-9-15-14(19-11-12-5-3-4-6-18(12)39-19)7-8-17(32)21(15)24(33)20(13)26(35)29(16,38)27(36)22(25(23)34)28(30)37/h3-8,11,13,16,20,22-23,32,38H,9-10H2,1-2H3,(H2,30,37)/t13-,16-,20?,22?,23-,29-/m0/s1. The summed E-state index contributed by atoms with van der Waals surface area (Å²) in [5, 5.41) is 23.2. The zero-order valence-corrected chi connectivity index (χ0v) is 21.2. The number of carbonyl (C=O) groups excluding carboxylic acids is 5. The number of phenols is 1. The summed E-state index contributed by atoms with van der Waals surface area (Å²) in [6.07, 6.45) is 0.145. The summed E-state index contributed by atoms with van der Waals surface area (Å²) in [7, 11) is 3.10. The van der Waals surface area contributed by atoms with Crippen molar-refractivity contribution in [1.82, 2.24) is 4.90 Å². The molecule has 0 radical (unpaired) electrons. The van der Waals surface area contributed by atoms with Crippen LogP contribution in [0.5, 0.6) is 5.75 Å². The van der Waals surface area contributed by atoms with Crippen molar-refractivity contribution in [3.05, 3.63) is 53.6 Å². The Morgan fingerprint density at radius 2 is 1.79 bits per heavy atom. The number of para-hydroxylation sites is 1. The number of hydrogen-bond acceptors (Lipinski definition) is 9. The van der Waals surface area contributed by atoms with Gasteiger partial charge in [0.1, 0.15) is 17.1 Å². The van der Waals surface area contributed by atoms with Crippen molar-refractivity contribution in [2.24, 2.45) is 29.4 Å². The predicted octanol–water partition coefficient (Wildman–Crippen LogP) is 1.28. The molecule has 0 spiro atoms. The molecule has 0 aliphatic heterocycles. The van der Waals surface area contributed by atoms with Crippen molar-refractivity contribution >= 4 is 40.0 Å². The summed E-state index contributed by atoms with van der Waals surface area (Å²) >= 11 is 0. The van der Waals surface area contributed by atoms with Crippen LogP contribution in [0.15, 0.2) is 46.9 Å². The fourth-order valence-electron chi connectivity index (χ4n) is 6.95. The molecule has 10 nitrogen and oxygen atoms in total. The molecule has 3 aromatic rings. The van der Waals surface area contributed by atoms with E-state index in [0.717, 1.165) is 5.39 Å². The number of primary amides is 1. The fraction of sp³-hybridized carbons (Fsp3) is 0.345. The van der Waals surface area contributed by atoms with E-state index in [1.54, 1.807) is 20.2 Å². The third-order valence-corrected chi connectivity index (χ3v) is 8.64. The van der Waals surface area contributed by atoms with Gasteiger partial charge in [-0.15, -0.1) is 0 Å². The Morgan fingerprint density at radius 3 is 2.46 bits per heavy atom. The molecule has 6 atom stereocenters. The van der Waals surface area contributed by atoms with E-state index in [9.17, 15) is 34.2 Å². The summed E-state index contributed by atoms with van der Waals surface area (Å²) in [6.45, 7) is 0. The number of ketones is 4. The lowest BCUT2D eigenvalue weighted by Crippen LogP contribution is -2.74. The Balaban J connectivity index is 1.49. The second-order valence-electron chi connectivity index (χ2n) is 10.9. The van der Waals surface area contributed by atoms with Gasteiger partial charge in [-0.1, -0.05) is 18.2 Å². The maximum absolute atomic E-state index is 13.9. The Kier molecular flexibility index (Phi) is 5.43. The Labute approximate surface area is 222 Å². The lowest BCUT2D eigenvalue weighted by Gasteiger charge is -2.52. The summed E-state index contributed by atoms with van der Waals surface area (Å²) in [4.78, 5) is 67.9. The number of rotatable bonds is 3. The van der Waals surface area contributed by atoms with Crippen molar-refractivity contribution in [3.8, 4) is 17.1 Å². The molecule has 4 N–H and O–H groups in total. The van der Waals surface area contributed by atoms with Gasteiger partial charge in [0.25, 0.3) is 0 Å². The SMILES string of the molecule is CN(C)[C@@H]1C(=O)C(C(N)=O)C(=O)[C@@]2(O)C(=O)C3C(=O)c4c(O)ccc(-c5cc6ccccc6o5)c4C[C@H]3C[C@@H]12. The third kappa shape index (κ3) is 3.31. The number of nitrogens with zero attached hydrogens (tertiary/aromatic N) is 1. The van der Waals surface area contributed by atoms with Gasteiger partial charge in [0.05, 0.1) is 17.5 Å². The minimum Gasteiger partial charge on any atom is -0.507 e. The van der Waals surface area contributed by atoms with E-state index < -0.39 is 64.4 Å². The number of phenolic OH excluding ortho intramolecular Hbond substituents is 1. The molecule has 1 heterocycles. The van der Waals surface area contributed by atoms with E-state index in [-0.39, 0.29) is 24.2 Å². The number of Topliss-reactive ketones (excluding diaryl/α,β-unsaturated/α-hetero) is 4. The number of furan rings is 1. The molecule has 3 aliphatic carbocycles. The van der Waals surface area contributed by atoms with Crippen molar-refractivity contribution < 1.29 is 38.6 Å². The van der Waals surface area contributed by atoms with Crippen LogP contribution in [-0.4, -0.2) is 69.9 Å². The number of nitrogens with two attached hydrogens (primary N) is 1. The smallest absolute Gasteiger partial charge is 0.235 e. The van der Waals surface area contributed by atoms with E-state index >= 15 is 0 Å². The lowest BCUT2D eigenvalue weighted by atomic mass is 9.52. The molecule has 10 heteroatoms. The highest BCUT2D eigenvalue weighted by Crippen LogP contribution is 2.52. The van der Waals surface area contributed by atoms with Gasteiger partial charge in [0, 0.05) is 16.9 Å². The first-order valence-corrected chi connectivity index (χ1v) is 12.6. The van der Waals surface area contributed by atoms with Crippen molar-refractivity contribution in [3.63, 3.8) is 0 Å². The predicted molar refractivity (Wildman–Crippen MR) is 137 cm³/mol. The van der Waals surface area contributed by atoms with Crippen LogP contribution in [0.25, 0.3) is 22.3 Å². The molecule has 2 saturated carbocycles. The van der Waals surface area contributed by atoms with Crippen LogP contribution in [0.4, 0.5) is 0 Å². The Hall–Kier alpha value is -4.15. The lowest BCUT2D eigenvalue weighted by molar-refractivity contribution is -0.181. The van der Waals surface area contributed by atoms with Crippen LogP contribution in [0.2, 0.25) is 0 Å². The van der Waals surface area contributed by atoms with E-state index in [4.69, 9.17) is 10.2 Å². The molecular weight excluding hydrogens is 504 g/mol. The molecule has 200 valence electrons. The summed E-state index contributed by atoms with van der Waals surface area (Å²) in [5.41, 5.74) is 4.24. The van der Waals surface area contributed by atoms with E-state index in [1.807, 2.05) is 30.3 Å². The normalized spacial score (nSPS) is 30.3. The topological polar surface area (TPSA) is 168 Å². The monoisotopic (exact) mass is 530 g/mol. The quantitative estimate of drug-likeness (QED) is 0.422. The number of aliphatic hydroxyl groups is 1. The number of carbonyl (C=O) groups is 5. The van der Waals surface area contributed by atoms with Crippen molar-refractivity contribution in [2.45, 2.75) is 24.5 Å². The largest absolute Gasteiger partial charge is 0.507 e. The molecule has 1 aromatic heterocycles. The molecule has 6 rings (SSSR count). The summed E-state index contributed by atoms with van der Waals surface area (Å²) in [6, 6.07) is 11.1. The highest BCUT2D eigenvalue weighted by Gasteiger charge is 2.69.